The molecule has 2 atom stereocenters. The van der Waals surface area contributed by atoms with Crippen molar-refractivity contribution in [3.63, 3.8) is 0 Å². The summed E-state index contributed by atoms with van der Waals surface area (Å²) >= 11 is 1.49. The molecule has 0 aliphatic heterocycles. The van der Waals surface area contributed by atoms with E-state index in [4.69, 9.17) is 11.5 Å². The van der Waals surface area contributed by atoms with E-state index in [1.165, 1.54) is 11.8 Å². The highest BCUT2D eigenvalue weighted by Gasteiger charge is 2.28. The molecule has 1 amide bonds. The fourth-order valence-electron chi connectivity index (χ4n) is 1.36. The lowest BCUT2D eigenvalue weighted by Crippen LogP contribution is -2.50. The van der Waals surface area contributed by atoms with E-state index in [2.05, 4.69) is 9.97 Å². The standard InChI is InChI=1S/C11H18N4OS/c1-7-5-14-10(15-6-7)17-8(2)4-11(3,13)9(12)16/h5-6,8H,4,13H2,1-3H3,(H2,12,16). The second-order valence-corrected chi connectivity index (χ2v) is 5.86. The number of thioether (sulfide) groups is 1. The van der Waals surface area contributed by atoms with Crippen molar-refractivity contribution < 1.29 is 4.79 Å². The molecule has 0 aliphatic carbocycles. The van der Waals surface area contributed by atoms with Crippen LogP contribution in [-0.2, 0) is 4.79 Å². The van der Waals surface area contributed by atoms with Crippen molar-refractivity contribution in [2.45, 2.75) is 43.1 Å². The number of nitrogens with two attached hydrogens (primary N) is 2. The Bertz CT molecular complexity index is 391. The predicted octanol–water partition coefficient (Wildman–Crippen LogP) is 0.858. The maximum absolute atomic E-state index is 11.1. The largest absolute Gasteiger partial charge is 0.368 e. The van der Waals surface area contributed by atoms with Crippen molar-refractivity contribution in [2.75, 3.05) is 0 Å². The van der Waals surface area contributed by atoms with Crippen LogP contribution in [0.5, 0.6) is 0 Å². The molecular formula is C11H18N4OS. The summed E-state index contributed by atoms with van der Waals surface area (Å²) in [6, 6.07) is 0. The molecule has 0 saturated heterocycles. The van der Waals surface area contributed by atoms with Crippen LogP contribution in [-0.4, -0.2) is 26.7 Å². The van der Waals surface area contributed by atoms with E-state index in [0.717, 1.165) is 5.56 Å². The van der Waals surface area contributed by atoms with Crippen molar-refractivity contribution in [3.8, 4) is 0 Å². The number of aromatic nitrogens is 2. The molecule has 17 heavy (non-hydrogen) atoms. The molecule has 0 bridgehead atoms. The Kier molecular flexibility index (Phi) is 4.47. The van der Waals surface area contributed by atoms with Gasteiger partial charge in [-0.2, -0.15) is 0 Å². The van der Waals surface area contributed by atoms with Gasteiger partial charge < -0.3 is 11.5 Å². The molecule has 0 aromatic carbocycles. The predicted molar refractivity (Wildman–Crippen MR) is 68.5 cm³/mol. The minimum Gasteiger partial charge on any atom is -0.368 e. The molecule has 1 aromatic heterocycles. The minimum absolute atomic E-state index is 0.125. The molecule has 4 N–H and O–H groups in total. The SMILES string of the molecule is Cc1cnc(SC(C)CC(C)(N)C(N)=O)nc1. The molecule has 94 valence electrons. The number of rotatable bonds is 5. The van der Waals surface area contributed by atoms with Crippen molar-refractivity contribution >= 4 is 17.7 Å². The van der Waals surface area contributed by atoms with Crippen molar-refractivity contribution in [3.05, 3.63) is 18.0 Å². The van der Waals surface area contributed by atoms with Crippen LogP contribution in [0.25, 0.3) is 0 Å². The lowest BCUT2D eigenvalue weighted by Gasteiger charge is -2.23. The quantitative estimate of drug-likeness (QED) is 0.600. The minimum atomic E-state index is -0.989. The van der Waals surface area contributed by atoms with E-state index in [9.17, 15) is 4.79 Å². The highest BCUT2D eigenvalue weighted by atomic mass is 32.2. The third-order valence-electron chi connectivity index (χ3n) is 2.34. The number of carbonyl (C=O) groups is 1. The van der Waals surface area contributed by atoms with E-state index in [1.807, 2.05) is 13.8 Å². The second-order valence-electron chi connectivity index (χ2n) is 4.46. The number of amides is 1. The first kappa shape index (κ1) is 13.9. The summed E-state index contributed by atoms with van der Waals surface area (Å²) in [6.07, 6.45) is 4.01. The maximum atomic E-state index is 11.1. The van der Waals surface area contributed by atoms with Gasteiger partial charge in [-0.3, -0.25) is 4.79 Å². The monoisotopic (exact) mass is 254 g/mol. The first-order valence-electron chi connectivity index (χ1n) is 5.35. The topological polar surface area (TPSA) is 94.9 Å². The Hall–Kier alpha value is -1.14. The van der Waals surface area contributed by atoms with Gasteiger partial charge in [-0.15, -0.1) is 0 Å². The Labute approximate surface area is 105 Å². The van der Waals surface area contributed by atoms with Gasteiger partial charge in [-0.25, -0.2) is 9.97 Å². The average Bonchev–Trinajstić information content (AvgIpc) is 2.20. The number of primary amides is 1. The first-order chi connectivity index (χ1) is 7.81. The molecule has 6 heteroatoms. The molecule has 0 aliphatic rings. The van der Waals surface area contributed by atoms with Gasteiger partial charge in [0.25, 0.3) is 0 Å². The third-order valence-corrected chi connectivity index (χ3v) is 3.33. The van der Waals surface area contributed by atoms with Crippen LogP contribution in [0, 0.1) is 6.92 Å². The lowest BCUT2D eigenvalue weighted by atomic mass is 9.97. The molecular weight excluding hydrogens is 236 g/mol. The van der Waals surface area contributed by atoms with Crippen LogP contribution in [0.15, 0.2) is 17.6 Å². The van der Waals surface area contributed by atoms with Gasteiger partial charge in [0.2, 0.25) is 5.91 Å². The van der Waals surface area contributed by atoms with Crippen LogP contribution >= 0.6 is 11.8 Å². The zero-order chi connectivity index (χ0) is 13.1. The Morgan fingerprint density at radius 1 is 1.53 bits per heavy atom. The zero-order valence-electron chi connectivity index (χ0n) is 10.3. The van der Waals surface area contributed by atoms with Gasteiger partial charge in [0.15, 0.2) is 5.16 Å². The summed E-state index contributed by atoms with van der Waals surface area (Å²) in [7, 11) is 0. The van der Waals surface area contributed by atoms with E-state index in [1.54, 1.807) is 19.3 Å². The van der Waals surface area contributed by atoms with Crippen LogP contribution in [0.2, 0.25) is 0 Å². The summed E-state index contributed by atoms with van der Waals surface area (Å²) in [4.78, 5) is 19.5. The molecule has 0 saturated carbocycles. The number of hydrogen-bond donors (Lipinski definition) is 2. The van der Waals surface area contributed by atoms with Gasteiger partial charge >= 0.3 is 0 Å². The van der Waals surface area contributed by atoms with Crippen LogP contribution < -0.4 is 11.5 Å². The molecule has 1 heterocycles. The molecule has 2 unspecified atom stereocenters. The van der Waals surface area contributed by atoms with Crippen LogP contribution in [0.1, 0.15) is 25.8 Å². The van der Waals surface area contributed by atoms with Crippen molar-refractivity contribution in [1.29, 1.82) is 0 Å². The van der Waals surface area contributed by atoms with Gasteiger partial charge in [-0.1, -0.05) is 18.7 Å². The lowest BCUT2D eigenvalue weighted by molar-refractivity contribution is -0.122. The number of aryl methyl sites for hydroxylation is 1. The zero-order valence-corrected chi connectivity index (χ0v) is 11.1. The van der Waals surface area contributed by atoms with Crippen LogP contribution in [0.3, 0.4) is 0 Å². The van der Waals surface area contributed by atoms with Gasteiger partial charge in [-0.05, 0) is 25.8 Å². The number of carbonyl (C=O) groups excluding carboxylic acids is 1. The number of nitrogens with zero attached hydrogens (tertiary/aromatic N) is 2. The second kappa shape index (κ2) is 5.46. The molecule has 0 radical (unpaired) electrons. The molecule has 1 aromatic rings. The first-order valence-corrected chi connectivity index (χ1v) is 6.23. The van der Waals surface area contributed by atoms with E-state index in [-0.39, 0.29) is 5.25 Å². The molecule has 1 rings (SSSR count). The van der Waals surface area contributed by atoms with E-state index in [0.29, 0.717) is 11.6 Å². The van der Waals surface area contributed by atoms with Gasteiger partial charge in [0.1, 0.15) is 0 Å². The van der Waals surface area contributed by atoms with Gasteiger partial charge in [0, 0.05) is 17.6 Å². The maximum Gasteiger partial charge on any atom is 0.237 e. The smallest absolute Gasteiger partial charge is 0.237 e. The van der Waals surface area contributed by atoms with Gasteiger partial charge in [0.05, 0.1) is 5.54 Å². The highest BCUT2D eigenvalue weighted by Crippen LogP contribution is 2.24. The van der Waals surface area contributed by atoms with Crippen molar-refractivity contribution in [2.24, 2.45) is 11.5 Å². The summed E-state index contributed by atoms with van der Waals surface area (Å²) in [5.41, 5.74) is 11.1. The van der Waals surface area contributed by atoms with Crippen molar-refractivity contribution in [1.82, 2.24) is 9.97 Å². The fourth-order valence-corrected chi connectivity index (χ4v) is 2.38. The molecule has 0 fully saturated rings. The third kappa shape index (κ3) is 4.32. The Morgan fingerprint density at radius 3 is 2.53 bits per heavy atom. The molecule has 0 spiro atoms. The normalized spacial score (nSPS) is 16.2. The Balaban J connectivity index is 2.58. The summed E-state index contributed by atoms with van der Waals surface area (Å²) in [5, 5.41) is 0.809. The van der Waals surface area contributed by atoms with E-state index < -0.39 is 11.4 Å². The summed E-state index contributed by atoms with van der Waals surface area (Å²) in [6.45, 7) is 5.55. The number of hydrogen-bond acceptors (Lipinski definition) is 5. The fraction of sp³-hybridized carbons (Fsp3) is 0.545. The summed E-state index contributed by atoms with van der Waals surface area (Å²) in [5.74, 6) is -0.491. The Morgan fingerprint density at radius 2 is 2.06 bits per heavy atom. The highest BCUT2D eigenvalue weighted by molar-refractivity contribution is 7.99. The van der Waals surface area contributed by atoms with Crippen LogP contribution in [0.4, 0.5) is 0 Å². The van der Waals surface area contributed by atoms with E-state index >= 15 is 0 Å². The summed E-state index contributed by atoms with van der Waals surface area (Å²) < 4.78 is 0. The molecule has 5 nitrogen and oxygen atoms in total. The average molecular weight is 254 g/mol.